The van der Waals surface area contributed by atoms with Crippen LogP contribution in [0.3, 0.4) is 0 Å². The van der Waals surface area contributed by atoms with Gasteiger partial charge in [-0.25, -0.2) is 4.98 Å². The zero-order valence-corrected chi connectivity index (χ0v) is 43.7. The summed E-state index contributed by atoms with van der Waals surface area (Å²) in [6, 6.07) is 30.8. The molecule has 382 valence electrons. The van der Waals surface area contributed by atoms with Crippen LogP contribution in [0, 0.1) is 6.92 Å². The van der Waals surface area contributed by atoms with Crippen LogP contribution < -0.4 is 19.9 Å². The number of aryl methyl sites for hydroxylation is 1. The molecule has 2 amide bonds. The van der Waals surface area contributed by atoms with E-state index in [9.17, 15) is 14.4 Å². The third-order valence-corrected chi connectivity index (χ3v) is 14.6. The predicted molar refractivity (Wildman–Crippen MR) is 293 cm³/mol. The normalized spacial score (nSPS) is 16.1. The summed E-state index contributed by atoms with van der Waals surface area (Å²) in [6.45, 7) is 18.5. The minimum absolute atomic E-state index is 0.0158. The lowest BCUT2D eigenvalue weighted by molar-refractivity contribution is -0.122. The van der Waals surface area contributed by atoms with Crippen molar-refractivity contribution in [2.75, 3.05) is 63.7 Å². The lowest BCUT2D eigenvalue weighted by atomic mass is 9.88. The van der Waals surface area contributed by atoms with Crippen LogP contribution in [-0.4, -0.2) is 103 Å². The van der Waals surface area contributed by atoms with Crippen LogP contribution in [0.15, 0.2) is 115 Å². The van der Waals surface area contributed by atoms with E-state index in [0.29, 0.717) is 42.1 Å². The van der Waals surface area contributed by atoms with E-state index in [-0.39, 0.29) is 18.2 Å². The van der Waals surface area contributed by atoms with E-state index in [0.717, 1.165) is 127 Å². The van der Waals surface area contributed by atoms with Crippen LogP contribution >= 0.6 is 0 Å². The molecule has 73 heavy (non-hydrogen) atoms. The Hall–Kier alpha value is -6.93. The van der Waals surface area contributed by atoms with Gasteiger partial charge in [-0.05, 0) is 173 Å². The Balaban J connectivity index is 0.00000351. The molecule has 4 aromatic carbocycles. The van der Waals surface area contributed by atoms with Gasteiger partial charge in [0, 0.05) is 69.4 Å². The predicted octanol–water partition coefficient (Wildman–Crippen LogP) is 10.8. The number of fused-ring (bicyclic) bond motifs is 2. The number of pyridine rings is 1. The Labute approximate surface area is 431 Å². The van der Waals surface area contributed by atoms with Crippen molar-refractivity contribution in [3.8, 4) is 16.9 Å². The van der Waals surface area contributed by atoms with E-state index >= 15 is 0 Å². The first-order chi connectivity index (χ1) is 35.5. The van der Waals surface area contributed by atoms with Gasteiger partial charge in [0.05, 0.1) is 16.7 Å². The second-order valence-electron chi connectivity index (χ2n) is 19.4. The average Bonchev–Trinajstić information content (AvgIpc) is 3.98. The van der Waals surface area contributed by atoms with E-state index < -0.39 is 6.04 Å². The van der Waals surface area contributed by atoms with Gasteiger partial charge in [-0.2, -0.15) is 0 Å². The molecule has 1 atom stereocenters. The average molecular weight is 985 g/mol. The van der Waals surface area contributed by atoms with Gasteiger partial charge in [0.2, 0.25) is 5.91 Å². The number of piperidine rings is 2. The quantitative estimate of drug-likeness (QED) is 0.0850. The van der Waals surface area contributed by atoms with Crippen LogP contribution in [0.2, 0.25) is 0 Å². The molecule has 0 radical (unpaired) electrons. The molecule has 2 N–H and O–H groups in total. The standard InChI is InChI=1S/C58H66N8O5.C2H6/c1-38(32-50-39(2)60-26-21-49(50)47-16-19-51-52(34-47)62-56(61-51)37-70-6)35-64-27-22-44(23-28-64)42-10-12-46(13-11-42)58(69)63(5)48-17-14-43(15-18-48)45-24-29-65(30-25-45)36-41-9-20-53-55(33-41)71-40(3)66(53)54(8-7-31-67)57(68)59-4;1-2/h9-21,26,31-34,44-45,54H,3,7-8,22-25,27-30,35-37H2,1-2,4-6H3,(H,59,68)(H,61,62);1-2H3/b38-32+;. The molecule has 5 heterocycles. The Morgan fingerprint density at radius 2 is 1.59 bits per heavy atom. The van der Waals surface area contributed by atoms with E-state index in [2.05, 4.69) is 123 Å². The van der Waals surface area contributed by atoms with Crippen molar-refractivity contribution < 1.29 is 23.9 Å². The number of methoxy groups -OCH3 is 1. The van der Waals surface area contributed by atoms with E-state index in [1.54, 1.807) is 24.0 Å². The minimum atomic E-state index is -0.574. The van der Waals surface area contributed by atoms with Crippen LogP contribution in [0.25, 0.3) is 28.2 Å². The number of anilines is 2. The number of aromatic nitrogens is 3. The number of H-pyrrole nitrogens is 1. The number of aromatic amines is 1. The van der Waals surface area contributed by atoms with Gasteiger partial charge >= 0.3 is 0 Å². The first-order valence-electron chi connectivity index (χ1n) is 26.0. The smallest absolute Gasteiger partial charge is 0.258 e. The fraction of sp³-hybridized carbons (Fsp3) is 0.383. The second kappa shape index (κ2) is 24.2. The highest BCUT2D eigenvalue weighted by Gasteiger charge is 2.35. The molecule has 1 unspecified atom stereocenters. The molecular formula is C60H72N8O5. The molecule has 2 saturated heterocycles. The molecule has 0 bridgehead atoms. The zero-order valence-electron chi connectivity index (χ0n) is 43.7. The van der Waals surface area contributed by atoms with Crippen molar-refractivity contribution >= 4 is 46.6 Å². The van der Waals surface area contributed by atoms with Crippen LogP contribution in [0.4, 0.5) is 11.4 Å². The molecule has 0 aliphatic carbocycles. The van der Waals surface area contributed by atoms with Gasteiger partial charge in [-0.15, -0.1) is 0 Å². The van der Waals surface area contributed by atoms with E-state index in [4.69, 9.17) is 9.47 Å². The number of carbonyl (C=O) groups excluding carboxylic acids is 3. The Kier molecular flexibility index (Phi) is 17.4. The number of hydrogen-bond donors (Lipinski definition) is 2. The Bertz CT molecular complexity index is 2910. The second-order valence-corrected chi connectivity index (χ2v) is 19.4. The number of amides is 2. The highest BCUT2D eigenvalue weighted by Crippen LogP contribution is 2.42. The molecule has 3 aliphatic rings. The molecule has 0 saturated carbocycles. The van der Waals surface area contributed by atoms with Crippen molar-refractivity contribution in [3.63, 3.8) is 0 Å². The van der Waals surface area contributed by atoms with Crippen molar-refractivity contribution in [1.29, 1.82) is 0 Å². The number of imidazole rings is 1. The molecule has 13 heteroatoms. The maximum Gasteiger partial charge on any atom is 0.258 e. The molecule has 9 rings (SSSR count). The van der Waals surface area contributed by atoms with Gasteiger partial charge in [-0.1, -0.05) is 61.9 Å². The maximum absolute atomic E-state index is 13.7. The molecular weight excluding hydrogens is 913 g/mol. The third-order valence-electron chi connectivity index (χ3n) is 14.6. The number of aldehydes is 1. The van der Waals surface area contributed by atoms with Crippen LogP contribution in [0.1, 0.15) is 115 Å². The largest absolute Gasteiger partial charge is 0.439 e. The monoisotopic (exact) mass is 985 g/mol. The summed E-state index contributed by atoms with van der Waals surface area (Å²) >= 11 is 0. The number of nitrogens with zero attached hydrogens (tertiary/aromatic N) is 6. The van der Waals surface area contributed by atoms with Crippen molar-refractivity contribution in [3.05, 3.63) is 155 Å². The van der Waals surface area contributed by atoms with Gasteiger partial charge in [0.1, 0.15) is 24.8 Å². The maximum atomic E-state index is 13.7. The van der Waals surface area contributed by atoms with Crippen LogP contribution in [-0.2, 0) is 27.5 Å². The summed E-state index contributed by atoms with van der Waals surface area (Å²) in [5, 5.41) is 2.71. The molecule has 0 spiro atoms. The van der Waals surface area contributed by atoms with Crippen molar-refractivity contribution in [2.24, 2.45) is 0 Å². The summed E-state index contributed by atoms with van der Waals surface area (Å²) in [5.74, 6) is 2.60. The van der Waals surface area contributed by atoms with Crippen molar-refractivity contribution in [1.82, 2.24) is 30.1 Å². The summed E-state index contributed by atoms with van der Waals surface area (Å²) in [4.78, 5) is 58.8. The first kappa shape index (κ1) is 52.4. The number of likely N-dealkylation sites (tertiary alicyclic amines) is 2. The van der Waals surface area contributed by atoms with E-state index in [1.807, 2.05) is 51.4 Å². The molecule has 13 nitrogen and oxygen atoms in total. The Morgan fingerprint density at radius 1 is 0.918 bits per heavy atom. The molecule has 2 aromatic heterocycles. The lowest BCUT2D eigenvalue weighted by Gasteiger charge is -2.32. The number of ether oxygens (including phenoxy) is 2. The lowest BCUT2D eigenvalue weighted by Crippen LogP contribution is -2.44. The number of hydrogen-bond acceptors (Lipinski definition) is 10. The van der Waals surface area contributed by atoms with E-state index in [1.165, 1.54) is 16.7 Å². The first-order valence-corrected chi connectivity index (χ1v) is 26.0. The third kappa shape index (κ3) is 12.1. The molecule has 2 fully saturated rings. The van der Waals surface area contributed by atoms with Gasteiger partial charge in [0.15, 0.2) is 11.6 Å². The van der Waals surface area contributed by atoms with Crippen molar-refractivity contribution in [2.45, 2.75) is 97.2 Å². The molecule has 6 aromatic rings. The molecule has 3 aliphatic heterocycles. The number of carbonyl (C=O) groups is 3. The number of rotatable bonds is 17. The highest BCUT2D eigenvalue weighted by molar-refractivity contribution is 6.05. The number of nitrogens with one attached hydrogen (secondary N) is 2. The summed E-state index contributed by atoms with van der Waals surface area (Å²) in [7, 11) is 5.13. The summed E-state index contributed by atoms with van der Waals surface area (Å²) in [6.07, 6.45) is 9.90. The number of likely N-dealkylation sites (N-methyl/N-ethyl adjacent to an activating group) is 1. The van der Waals surface area contributed by atoms with Gasteiger partial charge in [0.25, 0.3) is 5.91 Å². The zero-order chi connectivity index (χ0) is 51.6. The summed E-state index contributed by atoms with van der Waals surface area (Å²) in [5.41, 5.74) is 13.8. The highest BCUT2D eigenvalue weighted by atomic mass is 16.5. The fourth-order valence-corrected chi connectivity index (χ4v) is 10.7. The van der Waals surface area contributed by atoms with Gasteiger partial charge < -0.3 is 29.5 Å². The number of benzene rings is 4. The SMILES string of the molecule is C=C1Oc2cc(CN3CCC(c4ccc(N(C)C(=O)c5ccc(C6CCN(C/C(C)=C/c7c(-c8ccc9nc(COC)[nH]c9c8)ccnc7C)CC6)cc5)cc4)CC3)ccc2N1C(CCC=O)C(=O)NC.CC. The topological polar surface area (TPSA) is 136 Å². The van der Waals surface area contributed by atoms with Gasteiger partial charge in [-0.3, -0.25) is 29.3 Å². The summed E-state index contributed by atoms with van der Waals surface area (Å²) < 4.78 is 11.3. The minimum Gasteiger partial charge on any atom is -0.439 e. The van der Waals surface area contributed by atoms with Crippen LogP contribution in [0.5, 0.6) is 5.75 Å². The Morgan fingerprint density at radius 3 is 2.25 bits per heavy atom. The fourth-order valence-electron chi connectivity index (χ4n) is 10.7.